The van der Waals surface area contributed by atoms with E-state index in [4.69, 9.17) is 0 Å². The Bertz CT molecular complexity index is 675. The molecule has 0 spiro atoms. The van der Waals surface area contributed by atoms with E-state index in [0.29, 0.717) is 10.7 Å². The maximum Gasteiger partial charge on any atom is 0.258 e. The summed E-state index contributed by atoms with van der Waals surface area (Å²) in [6, 6.07) is 11.7. The number of benzene rings is 1. The molecule has 19 heavy (non-hydrogen) atoms. The first kappa shape index (κ1) is 12.1. The lowest BCUT2D eigenvalue weighted by molar-refractivity contribution is 0.102. The topological polar surface area (TPSA) is 42.0 Å². The molecule has 0 radical (unpaired) electrons. The molecule has 0 unspecified atom stereocenters. The summed E-state index contributed by atoms with van der Waals surface area (Å²) in [5, 5.41) is 9.07. The highest BCUT2D eigenvalue weighted by Gasteiger charge is 2.09. The number of nitrogens with zero attached hydrogens (tertiary/aromatic N) is 1. The Morgan fingerprint density at radius 3 is 2.68 bits per heavy atom. The van der Waals surface area contributed by atoms with Crippen molar-refractivity contribution >= 4 is 33.7 Å². The van der Waals surface area contributed by atoms with Gasteiger partial charge in [-0.1, -0.05) is 30.3 Å². The van der Waals surface area contributed by atoms with Crippen molar-refractivity contribution in [3.63, 3.8) is 0 Å². The largest absolute Gasteiger partial charge is 0.298 e. The first-order valence-corrected chi connectivity index (χ1v) is 7.50. The molecule has 0 atom stereocenters. The molecule has 94 valence electrons. The molecule has 0 bridgehead atoms. The summed E-state index contributed by atoms with van der Waals surface area (Å²) in [5.41, 5.74) is 2.60. The van der Waals surface area contributed by atoms with E-state index in [1.165, 1.54) is 22.7 Å². The lowest BCUT2D eigenvalue weighted by Gasteiger charge is -1.98. The zero-order valence-corrected chi connectivity index (χ0v) is 11.5. The number of anilines is 1. The fraction of sp³-hybridized carbons (Fsp3) is 0. The molecule has 0 aliphatic heterocycles. The summed E-state index contributed by atoms with van der Waals surface area (Å²) in [4.78, 5) is 16.3. The minimum absolute atomic E-state index is 0.116. The van der Waals surface area contributed by atoms with Crippen LogP contribution in [0.4, 0.5) is 5.13 Å². The third-order valence-electron chi connectivity index (χ3n) is 2.58. The predicted molar refractivity (Wildman–Crippen MR) is 79.8 cm³/mol. The zero-order valence-electron chi connectivity index (χ0n) is 9.87. The van der Waals surface area contributed by atoms with Gasteiger partial charge >= 0.3 is 0 Å². The Morgan fingerprint density at radius 1 is 1.11 bits per heavy atom. The Kier molecular flexibility index (Phi) is 3.39. The molecular formula is C14H10N2OS2. The second-order valence-corrected chi connectivity index (χ2v) is 5.51. The van der Waals surface area contributed by atoms with Crippen LogP contribution in [-0.4, -0.2) is 10.9 Å². The van der Waals surface area contributed by atoms with Crippen molar-refractivity contribution in [2.75, 3.05) is 5.32 Å². The van der Waals surface area contributed by atoms with Gasteiger partial charge in [-0.25, -0.2) is 4.98 Å². The van der Waals surface area contributed by atoms with E-state index in [9.17, 15) is 4.79 Å². The van der Waals surface area contributed by atoms with Crippen molar-refractivity contribution in [2.24, 2.45) is 0 Å². The molecule has 0 saturated heterocycles. The first-order valence-electron chi connectivity index (χ1n) is 5.67. The van der Waals surface area contributed by atoms with Crippen molar-refractivity contribution in [2.45, 2.75) is 0 Å². The molecule has 0 aliphatic carbocycles. The number of aromatic nitrogens is 1. The van der Waals surface area contributed by atoms with E-state index >= 15 is 0 Å². The van der Waals surface area contributed by atoms with Crippen LogP contribution in [0.1, 0.15) is 10.4 Å². The molecule has 1 amide bonds. The molecule has 3 rings (SSSR count). The first-order chi connectivity index (χ1) is 9.33. The summed E-state index contributed by atoms with van der Waals surface area (Å²) in [6.07, 6.45) is 0. The van der Waals surface area contributed by atoms with Crippen LogP contribution < -0.4 is 5.32 Å². The molecule has 1 aromatic carbocycles. The van der Waals surface area contributed by atoms with Crippen LogP contribution in [0.2, 0.25) is 0 Å². The van der Waals surface area contributed by atoms with Gasteiger partial charge in [-0.15, -0.1) is 11.3 Å². The van der Waals surface area contributed by atoms with Gasteiger partial charge < -0.3 is 0 Å². The van der Waals surface area contributed by atoms with Crippen LogP contribution in [0.5, 0.6) is 0 Å². The van der Waals surface area contributed by atoms with Crippen molar-refractivity contribution < 1.29 is 4.79 Å². The fourth-order valence-corrected chi connectivity index (χ4v) is 2.99. The fourth-order valence-electron chi connectivity index (χ4n) is 1.64. The van der Waals surface area contributed by atoms with Crippen LogP contribution in [0, 0.1) is 0 Å². The number of thiophene rings is 1. The summed E-state index contributed by atoms with van der Waals surface area (Å²) in [5.74, 6) is -0.116. The van der Waals surface area contributed by atoms with Crippen molar-refractivity contribution in [3.05, 3.63) is 58.1 Å². The normalized spacial score (nSPS) is 10.3. The summed E-state index contributed by atoms with van der Waals surface area (Å²) in [6.45, 7) is 0. The van der Waals surface area contributed by atoms with Crippen LogP contribution in [0.25, 0.3) is 11.3 Å². The second-order valence-electron chi connectivity index (χ2n) is 3.87. The molecule has 5 heteroatoms. The van der Waals surface area contributed by atoms with Gasteiger partial charge in [0.1, 0.15) is 0 Å². The number of rotatable bonds is 3. The minimum atomic E-state index is -0.116. The van der Waals surface area contributed by atoms with E-state index < -0.39 is 0 Å². The van der Waals surface area contributed by atoms with Crippen molar-refractivity contribution in [1.82, 2.24) is 4.98 Å². The average Bonchev–Trinajstić information content (AvgIpc) is 3.11. The van der Waals surface area contributed by atoms with Gasteiger partial charge in [0.2, 0.25) is 0 Å². The van der Waals surface area contributed by atoms with Gasteiger partial charge in [-0.2, -0.15) is 11.3 Å². The van der Waals surface area contributed by atoms with Gasteiger partial charge in [0.15, 0.2) is 5.13 Å². The SMILES string of the molecule is O=C(Nc1nc(-c2ccccc2)cs1)c1ccsc1. The van der Waals surface area contributed by atoms with Crippen LogP contribution in [-0.2, 0) is 0 Å². The number of thiazole rings is 1. The minimum Gasteiger partial charge on any atom is -0.298 e. The molecule has 0 fully saturated rings. The maximum absolute atomic E-state index is 11.9. The van der Waals surface area contributed by atoms with Crippen molar-refractivity contribution in [3.8, 4) is 11.3 Å². The van der Waals surface area contributed by atoms with Crippen LogP contribution in [0.3, 0.4) is 0 Å². The lowest BCUT2D eigenvalue weighted by Crippen LogP contribution is -2.10. The second kappa shape index (κ2) is 5.34. The maximum atomic E-state index is 11.9. The third-order valence-corrected chi connectivity index (χ3v) is 4.02. The molecule has 1 N–H and O–H groups in total. The highest BCUT2D eigenvalue weighted by Crippen LogP contribution is 2.25. The number of hydrogen-bond acceptors (Lipinski definition) is 4. The number of amides is 1. The zero-order chi connectivity index (χ0) is 13.1. The molecule has 3 aromatic rings. The van der Waals surface area contributed by atoms with Gasteiger partial charge in [-0.05, 0) is 11.4 Å². The average molecular weight is 286 g/mol. The number of nitrogens with one attached hydrogen (secondary N) is 1. The van der Waals surface area contributed by atoms with E-state index in [2.05, 4.69) is 10.3 Å². The molecule has 2 heterocycles. The summed E-state index contributed by atoms with van der Waals surface area (Å²) >= 11 is 2.93. The molecule has 3 nitrogen and oxygen atoms in total. The van der Waals surface area contributed by atoms with Crippen LogP contribution in [0.15, 0.2) is 52.5 Å². The van der Waals surface area contributed by atoms with E-state index in [-0.39, 0.29) is 5.91 Å². The van der Waals surface area contributed by atoms with E-state index in [0.717, 1.165) is 11.3 Å². The van der Waals surface area contributed by atoms with Crippen LogP contribution >= 0.6 is 22.7 Å². The standard InChI is InChI=1S/C14H10N2OS2/c17-13(11-6-7-18-8-11)16-14-15-12(9-19-14)10-4-2-1-3-5-10/h1-9H,(H,15,16,17). The monoisotopic (exact) mass is 286 g/mol. The third kappa shape index (κ3) is 2.72. The van der Waals surface area contributed by atoms with Crippen molar-refractivity contribution in [1.29, 1.82) is 0 Å². The molecule has 2 aromatic heterocycles. The van der Waals surface area contributed by atoms with E-state index in [1.807, 2.05) is 46.5 Å². The highest BCUT2D eigenvalue weighted by atomic mass is 32.1. The predicted octanol–water partition coefficient (Wildman–Crippen LogP) is 4.12. The van der Waals surface area contributed by atoms with Gasteiger partial charge in [0.25, 0.3) is 5.91 Å². The lowest BCUT2D eigenvalue weighted by atomic mass is 10.2. The summed E-state index contributed by atoms with van der Waals surface area (Å²) < 4.78 is 0. The Balaban J connectivity index is 1.77. The Morgan fingerprint density at radius 2 is 1.95 bits per heavy atom. The highest BCUT2D eigenvalue weighted by molar-refractivity contribution is 7.14. The smallest absolute Gasteiger partial charge is 0.258 e. The quantitative estimate of drug-likeness (QED) is 0.786. The number of carbonyl (C=O) groups excluding carboxylic acids is 1. The summed E-state index contributed by atoms with van der Waals surface area (Å²) in [7, 11) is 0. The molecule has 0 aliphatic rings. The Labute approximate surface area is 118 Å². The van der Waals surface area contributed by atoms with Gasteiger partial charge in [0.05, 0.1) is 11.3 Å². The van der Waals surface area contributed by atoms with Gasteiger partial charge in [-0.3, -0.25) is 10.1 Å². The molecular weight excluding hydrogens is 276 g/mol. The van der Waals surface area contributed by atoms with E-state index in [1.54, 1.807) is 6.07 Å². The Hall–Kier alpha value is -1.98. The van der Waals surface area contributed by atoms with Gasteiger partial charge in [0, 0.05) is 16.3 Å². The number of hydrogen-bond donors (Lipinski definition) is 1. The molecule has 0 saturated carbocycles. The number of carbonyl (C=O) groups is 1.